The van der Waals surface area contributed by atoms with Gasteiger partial charge in [-0.2, -0.15) is 8.78 Å². The summed E-state index contributed by atoms with van der Waals surface area (Å²) in [5.41, 5.74) is -0.398. The molecule has 1 N–H and O–H groups in total. The highest BCUT2D eigenvalue weighted by Gasteiger charge is 2.48. The second kappa shape index (κ2) is 11.5. The van der Waals surface area contributed by atoms with Gasteiger partial charge in [-0.1, -0.05) is 6.58 Å². The van der Waals surface area contributed by atoms with Crippen LogP contribution in [0.5, 0.6) is 5.88 Å². The first-order valence-corrected chi connectivity index (χ1v) is 11.7. The summed E-state index contributed by atoms with van der Waals surface area (Å²) >= 11 is 0. The molecule has 13 heteroatoms. The number of carbonyl (C=O) groups is 2. The van der Waals surface area contributed by atoms with Crippen LogP contribution in [0.1, 0.15) is 40.5 Å². The van der Waals surface area contributed by atoms with E-state index in [4.69, 9.17) is 9.84 Å². The zero-order chi connectivity index (χ0) is 26.3. The Morgan fingerprint density at radius 1 is 1.24 bits per heavy atom. The summed E-state index contributed by atoms with van der Waals surface area (Å²) in [4.78, 5) is 25.4. The minimum atomic E-state index is -4.46. The average Bonchev–Trinajstić information content (AvgIpc) is 2.72. The maximum absolute atomic E-state index is 15.1. The third kappa shape index (κ3) is 8.19. The maximum Gasteiger partial charge on any atom is 0.407 e. The van der Waals surface area contributed by atoms with Gasteiger partial charge >= 0.3 is 18.7 Å². The minimum Gasteiger partial charge on any atom is -0.465 e. The zero-order valence-corrected chi connectivity index (χ0v) is 20.1. The second-order valence-corrected chi connectivity index (χ2v) is 10.8. The molecule has 1 aliphatic rings. The number of carboxylic acid groups (broad SMARTS) is 1. The standard InChI is InChI=1S/C14H17F3N2O5S.C7H12O2/c1-14(17,9-4-6-19(7-5-9)13(20)21)25(22,23)10-2-3-11(18-8-10)24-12(15)16;1-5-6(8)9-7(2,3)4/h2-3,8-9,12H,4-7H2,1H3,(H,20,21);5H,1H2,2-4H3. The number of nitrogens with zero attached hydrogens (tertiary/aromatic N) is 2. The van der Waals surface area contributed by atoms with Crippen molar-refractivity contribution in [2.45, 2.75) is 62.6 Å². The third-order valence-electron chi connectivity index (χ3n) is 4.82. The van der Waals surface area contributed by atoms with Crippen LogP contribution in [-0.4, -0.2) is 65.8 Å². The third-order valence-corrected chi connectivity index (χ3v) is 7.07. The minimum absolute atomic E-state index is 0.0362. The molecular formula is C21H29F3N2O7S. The fraction of sp³-hybridized carbons (Fsp3) is 0.571. The molecule has 1 atom stereocenters. The summed E-state index contributed by atoms with van der Waals surface area (Å²) in [6.45, 7) is 6.60. The van der Waals surface area contributed by atoms with E-state index in [1.165, 1.54) is 0 Å². The summed E-state index contributed by atoms with van der Waals surface area (Å²) in [5, 5.41) is 6.25. The Kier molecular flexibility index (Phi) is 9.91. The van der Waals surface area contributed by atoms with E-state index in [0.717, 1.165) is 36.2 Å². The molecule has 0 aliphatic carbocycles. The van der Waals surface area contributed by atoms with Gasteiger partial charge in [0.1, 0.15) is 5.60 Å². The molecule has 0 radical (unpaired) electrons. The fourth-order valence-corrected chi connectivity index (χ4v) is 4.64. The molecule has 0 saturated carbocycles. The first-order valence-electron chi connectivity index (χ1n) is 10.2. The summed E-state index contributed by atoms with van der Waals surface area (Å²) in [7, 11) is -4.46. The zero-order valence-electron chi connectivity index (χ0n) is 19.3. The SMILES string of the molecule is C=CC(=O)OC(C)(C)C.CC(F)(C1CCN(C(=O)O)CC1)S(=O)(=O)c1ccc(OC(F)F)nc1. The van der Waals surface area contributed by atoms with E-state index in [-0.39, 0.29) is 31.9 Å². The smallest absolute Gasteiger partial charge is 0.407 e. The molecule has 192 valence electrons. The number of amides is 1. The van der Waals surface area contributed by atoms with Crippen molar-refractivity contribution in [1.82, 2.24) is 9.88 Å². The highest BCUT2D eigenvalue weighted by atomic mass is 32.2. The lowest BCUT2D eigenvalue weighted by Gasteiger charge is -2.36. The van der Waals surface area contributed by atoms with Crippen LogP contribution >= 0.6 is 0 Å². The van der Waals surface area contributed by atoms with Crippen LogP contribution in [0.2, 0.25) is 0 Å². The Morgan fingerprint density at radius 2 is 1.79 bits per heavy atom. The molecule has 0 aromatic carbocycles. The molecule has 34 heavy (non-hydrogen) atoms. The average molecular weight is 511 g/mol. The molecule has 9 nitrogen and oxygen atoms in total. The number of hydrogen-bond donors (Lipinski definition) is 1. The van der Waals surface area contributed by atoms with Gasteiger partial charge in [-0.25, -0.2) is 27.4 Å². The number of halogens is 3. The number of esters is 1. The van der Waals surface area contributed by atoms with E-state index in [0.29, 0.717) is 0 Å². The first kappa shape index (κ1) is 29.2. The summed E-state index contributed by atoms with van der Waals surface area (Å²) in [6.07, 6.45) is 0.889. The van der Waals surface area contributed by atoms with Crippen LogP contribution in [0.3, 0.4) is 0 Å². The van der Waals surface area contributed by atoms with Crippen molar-refractivity contribution in [2.24, 2.45) is 5.92 Å². The largest absolute Gasteiger partial charge is 0.465 e. The first-order chi connectivity index (χ1) is 15.5. The van der Waals surface area contributed by atoms with Crippen LogP contribution in [0, 0.1) is 5.92 Å². The number of sulfone groups is 1. The number of hydrogen-bond acceptors (Lipinski definition) is 7. The van der Waals surface area contributed by atoms with E-state index in [2.05, 4.69) is 16.3 Å². The van der Waals surface area contributed by atoms with Crippen molar-refractivity contribution in [3.05, 3.63) is 31.0 Å². The molecule has 1 aromatic rings. The van der Waals surface area contributed by atoms with Crippen molar-refractivity contribution in [2.75, 3.05) is 13.1 Å². The van der Waals surface area contributed by atoms with Gasteiger partial charge in [0.05, 0.1) is 4.90 Å². The Morgan fingerprint density at radius 3 is 2.15 bits per heavy atom. The number of pyridine rings is 1. The van der Waals surface area contributed by atoms with Crippen LogP contribution in [0.25, 0.3) is 0 Å². The number of carbonyl (C=O) groups excluding carboxylic acids is 1. The highest BCUT2D eigenvalue weighted by molar-refractivity contribution is 7.92. The molecule has 2 rings (SSSR count). The second-order valence-electron chi connectivity index (χ2n) is 8.48. The lowest BCUT2D eigenvalue weighted by Crippen LogP contribution is -2.46. The van der Waals surface area contributed by atoms with E-state index >= 15 is 4.39 Å². The monoisotopic (exact) mass is 510 g/mol. The van der Waals surface area contributed by atoms with Crippen LogP contribution in [-0.2, 0) is 19.4 Å². The van der Waals surface area contributed by atoms with Gasteiger partial charge in [-0.05, 0) is 46.6 Å². The van der Waals surface area contributed by atoms with Gasteiger partial charge in [0.2, 0.25) is 20.7 Å². The van der Waals surface area contributed by atoms with E-state index in [1.807, 2.05) is 20.8 Å². The van der Waals surface area contributed by atoms with Crippen LogP contribution in [0.4, 0.5) is 18.0 Å². The van der Waals surface area contributed by atoms with E-state index in [1.54, 1.807) is 0 Å². The van der Waals surface area contributed by atoms with Crippen molar-refractivity contribution in [1.29, 1.82) is 0 Å². The van der Waals surface area contributed by atoms with Crippen molar-refractivity contribution in [3.63, 3.8) is 0 Å². The van der Waals surface area contributed by atoms with E-state index < -0.39 is 49.8 Å². The molecule has 1 fully saturated rings. The number of likely N-dealkylation sites (tertiary alicyclic amines) is 1. The number of ether oxygens (including phenoxy) is 2. The predicted octanol–water partition coefficient (Wildman–Crippen LogP) is 4.05. The lowest BCUT2D eigenvalue weighted by atomic mass is 9.92. The number of rotatable bonds is 6. The molecule has 1 amide bonds. The summed E-state index contributed by atoms with van der Waals surface area (Å²) in [6, 6.07) is 1.87. The molecule has 1 saturated heterocycles. The molecule has 1 aromatic heterocycles. The Hall–Kier alpha value is -2.83. The van der Waals surface area contributed by atoms with E-state index in [9.17, 15) is 26.8 Å². The number of alkyl halides is 3. The van der Waals surface area contributed by atoms with Crippen molar-refractivity contribution < 1.29 is 45.8 Å². The van der Waals surface area contributed by atoms with Gasteiger partial charge in [-0.3, -0.25) is 0 Å². The quantitative estimate of drug-likeness (QED) is 0.449. The molecular weight excluding hydrogens is 481 g/mol. The van der Waals surface area contributed by atoms with Gasteiger partial charge < -0.3 is 19.5 Å². The summed E-state index contributed by atoms with van der Waals surface area (Å²) < 4.78 is 73.3. The van der Waals surface area contributed by atoms with Gasteiger partial charge in [0.25, 0.3) is 0 Å². The van der Waals surface area contributed by atoms with Crippen LogP contribution in [0.15, 0.2) is 35.9 Å². The Balaban J connectivity index is 0.000000546. The van der Waals surface area contributed by atoms with Crippen molar-refractivity contribution in [3.8, 4) is 5.88 Å². The number of piperidine rings is 1. The lowest BCUT2D eigenvalue weighted by molar-refractivity contribution is -0.148. The number of aromatic nitrogens is 1. The molecule has 1 unspecified atom stereocenters. The normalized spacial score (nSPS) is 16.6. The maximum atomic E-state index is 15.1. The Bertz CT molecular complexity index is 954. The highest BCUT2D eigenvalue weighted by Crippen LogP contribution is 2.39. The van der Waals surface area contributed by atoms with Gasteiger partial charge in [-0.15, -0.1) is 0 Å². The van der Waals surface area contributed by atoms with Gasteiger partial charge in [0.15, 0.2) is 0 Å². The molecule has 0 bridgehead atoms. The van der Waals surface area contributed by atoms with Crippen LogP contribution < -0.4 is 4.74 Å². The predicted molar refractivity (Wildman–Crippen MR) is 116 cm³/mol. The summed E-state index contributed by atoms with van der Waals surface area (Å²) in [5.74, 6) is -1.75. The van der Waals surface area contributed by atoms with Gasteiger partial charge in [0, 0.05) is 37.3 Å². The molecule has 1 aliphatic heterocycles. The van der Waals surface area contributed by atoms with Crippen molar-refractivity contribution >= 4 is 21.9 Å². The molecule has 2 heterocycles. The Labute approximate surface area is 196 Å². The molecule has 0 spiro atoms. The topological polar surface area (TPSA) is 123 Å². The fourth-order valence-electron chi connectivity index (χ4n) is 3.07.